The van der Waals surface area contributed by atoms with Crippen LogP contribution in [0.5, 0.6) is 17.2 Å². The van der Waals surface area contributed by atoms with Crippen molar-refractivity contribution in [1.29, 1.82) is 0 Å². The van der Waals surface area contributed by atoms with Gasteiger partial charge < -0.3 is 54.3 Å². The zero-order valence-electron chi connectivity index (χ0n) is 42.3. The molecule has 1 fully saturated rings. The Morgan fingerprint density at radius 3 is 2.29 bits per heavy atom. The lowest BCUT2D eigenvalue weighted by Crippen LogP contribution is -2.47. The topological polar surface area (TPSA) is 235 Å². The van der Waals surface area contributed by atoms with E-state index in [1.807, 2.05) is 6.07 Å². The molecular formula is C55H66N4O13. The average Bonchev–Trinajstić information content (AvgIpc) is 3.88. The van der Waals surface area contributed by atoms with Crippen LogP contribution in [-0.2, 0) is 39.9 Å². The quantitative estimate of drug-likeness (QED) is 0.0814. The van der Waals surface area contributed by atoms with Crippen molar-refractivity contribution in [2.75, 3.05) is 32.1 Å². The molecule has 0 aromatic heterocycles. The van der Waals surface area contributed by atoms with Gasteiger partial charge in [0.15, 0.2) is 5.75 Å². The van der Waals surface area contributed by atoms with E-state index in [2.05, 4.69) is 35.0 Å². The standard InChI is InChI=1S/C55H66N4O13/c1-11-55-52(66)42-40-41(48(64)35(9)51(42)72-55)49(65)45(44-43(40)57-54(58-44)21-23-59(24-22-54)27-29(2)3)56-53(67)31(5)17-15-16-30(4)46(62)33(7)47(63)34(8)50(32(6)37(68-10)20-25-70-55)71-39(61)26-38(60)69-28-36-18-13-12-14-19-36/h1,12-20,25,29-30,32-34,37,46-47,50,57,62-65H,21-24,26-28H2,2-10H3/b16-15+,25-20+,31-17-,56-45?/t30-,32+,33+,34+,37-,46-,47+,50+,55-/m0/s1. The number of carbonyl (C=O) groups excluding carboxylic acids is 4. The Kier molecular flexibility index (Phi) is 16.0. The third-order valence-electron chi connectivity index (χ3n) is 14.4. The van der Waals surface area contributed by atoms with Crippen molar-refractivity contribution in [3.8, 4) is 29.6 Å². The maximum absolute atomic E-state index is 15.0. The van der Waals surface area contributed by atoms with E-state index in [1.54, 1.807) is 64.1 Å². The van der Waals surface area contributed by atoms with Gasteiger partial charge in [-0.3, -0.25) is 24.2 Å². The number of methoxy groups -OCH3 is 1. The number of esters is 2. The summed E-state index contributed by atoms with van der Waals surface area (Å²) in [6.07, 6.45) is 9.13. The van der Waals surface area contributed by atoms with Crippen LogP contribution in [0.1, 0.15) is 89.2 Å². The molecule has 5 N–H and O–H groups in total. The van der Waals surface area contributed by atoms with Crippen LogP contribution in [0.4, 0.5) is 5.69 Å². The van der Waals surface area contributed by atoms with E-state index in [4.69, 9.17) is 35.1 Å². The van der Waals surface area contributed by atoms with Crippen molar-refractivity contribution < 1.29 is 63.3 Å². The number of piperidine rings is 1. The number of rotatable bonds is 8. The van der Waals surface area contributed by atoms with Crippen LogP contribution >= 0.6 is 0 Å². The highest BCUT2D eigenvalue weighted by molar-refractivity contribution is 6.22. The minimum Gasteiger partial charge on any atom is -0.507 e. The first-order valence-electron chi connectivity index (χ1n) is 24.4. The molecule has 1 amide bonds. The summed E-state index contributed by atoms with van der Waals surface area (Å²) in [6, 6.07) is 8.94. The van der Waals surface area contributed by atoms with Crippen LogP contribution in [-0.4, -0.2) is 112 Å². The van der Waals surface area contributed by atoms with Crippen LogP contribution < -0.4 is 20.8 Å². The summed E-state index contributed by atoms with van der Waals surface area (Å²) in [4.78, 5) is 67.2. The van der Waals surface area contributed by atoms with Crippen LogP contribution in [0.15, 0.2) is 76.5 Å². The van der Waals surface area contributed by atoms with Crippen molar-refractivity contribution >= 4 is 40.1 Å². The Balaban J connectivity index is 1.32. The van der Waals surface area contributed by atoms with Crippen molar-refractivity contribution in [1.82, 2.24) is 4.90 Å². The molecule has 17 nitrogen and oxygen atoms in total. The molecule has 8 rings (SSSR count). The molecule has 5 heterocycles. The SMILES string of the molecule is C#C[C@@]12O/C=C/[C@H](OC)[C@@H](C)[C@@H](OC(=O)CC(=O)OCc3ccccc3)[C@H](C)[C@H](O)[C@H](C)[C@@H](O)[C@@H](C)/C=C/C=C(/C)C(=O)N=c3c(O)c4c(O)c(C)c(c(c4c4c3=NC3(CCN(CC(C)C)CC3)N4)C1=O)O2. The van der Waals surface area contributed by atoms with Crippen molar-refractivity contribution in [3.63, 3.8) is 0 Å². The predicted molar refractivity (Wildman–Crippen MR) is 266 cm³/mol. The molecule has 1 saturated heterocycles. The number of ketones is 1. The number of likely N-dealkylation sites (tertiary alicyclic amines) is 1. The van der Waals surface area contributed by atoms with E-state index in [0.29, 0.717) is 31.8 Å². The summed E-state index contributed by atoms with van der Waals surface area (Å²) in [7, 11) is 1.39. The maximum Gasteiger partial charge on any atom is 0.383 e. The number of aromatic hydroxyl groups is 2. The number of terminal acetylenes is 1. The number of Topliss-reactive ketones (excluding diaryl/α,β-unsaturated/α-hetero) is 1. The van der Waals surface area contributed by atoms with E-state index >= 15 is 0 Å². The lowest BCUT2D eigenvalue weighted by molar-refractivity contribution is -0.168. The molecule has 5 aliphatic heterocycles. The highest BCUT2D eigenvalue weighted by atomic mass is 16.7. The Morgan fingerprint density at radius 1 is 0.944 bits per heavy atom. The van der Waals surface area contributed by atoms with Gasteiger partial charge in [-0.25, -0.2) is 4.99 Å². The fourth-order valence-corrected chi connectivity index (χ4v) is 10.1. The van der Waals surface area contributed by atoms with Gasteiger partial charge in [0.05, 0.1) is 41.2 Å². The number of nitrogens with zero attached hydrogens (tertiary/aromatic N) is 3. The monoisotopic (exact) mass is 990 g/mol. The lowest BCUT2D eigenvalue weighted by Gasteiger charge is -2.38. The van der Waals surface area contributed by atoms with Crippen LogP contribution in [0.25, 0.3) is 10.8 Å². The van der Waals surface area contributed by atoms with Crippen molar-refractivity contribution in [2.45, 2.75) is 117 Å². The molecule has 0 radical (unpaired) electrons. The predicted octanol–water partition coefficient (Wildman–Crippen LogP) is 5.48. The number of fused-ring (bicyclic) bond motifs is 13. The number of allylic oxidation sites excluding steroid dienone is 2. The number of nitrogens with one attached hydrogen (secondary N) is 1. The van der Waals surface area contributed by atoms with Crippen LogP contribution in [0.3, 0.4) is 0 Å². The minimum atomic E-state index is -2.45. The molecule has 384 valence electrons. The minimum absolute atomic E-state index is 0.0385. The number of hydrogen-bond acceptors (Lipinski definition) is 16. The first-order chi connectivity index (χ1) is 34.2. The number of phenolic OH excluding ortho intramolecular Hbond substituents is 2. The molecule has 0 aliphatic carbocycles. The number of hydrogen-bond donors (Lipinski definition) is 5. The van der Waals surface area contributed by atoms with E-state index in [1.165, 1.54) is 33.1 Å². The fourth-order valence-electron chi connectivity index (χ4n) is 10.1. The molecular weight excluding hydrogens is 925 g/mol. The third-order valence-corrected chi connectivity index (χ3v) is 14.4. The van der Waals surface area contributed by atoms with E-state index in [0.717, 1.165) is 18.4 Å². The number of benzene rings is 3. The van der Waals surface area contributed by atoms with Gasteiger partial charge in [-0.15, -0.1) is 6.42 Å². The number of phenols is 2. The van der Waals surface area contributed by atoms with Gasteiger partial charge in [0, 0.05) is 79.8 Å². The third kappa shape index (κ3) is 10.5. The summed E-state index contributed by atoms with van der Waals surface area (Å²) in [5, 5.41) is 50.9. The smallest absolute Gasteiger partial charge is 0.383 e. The van der Waals surface area contributed by atoms with Gasteiger partial charge in [0.2, 0.25) is 0 Å². The summed E-state index contributed by atoms with van der Waals surface area (Å²) < 4.78 is 29.5. The number of carbonyl (C=O) groups is 4. The number of amides is 1. The second-order valence-corrected chi connectivity index (χ2v) is 20.0. The first-order valence-corrected chi connectivity index (χ1v) is 24.4. The van der Waals surface area contributed by atoms with Crippen LogP contribution in [0.2, 0.25) is 0 Å². The largest absolute Gasteiger partial charge is 0.507 e. The van der Waals surface area contributed by atoms with Gasteiger partial charge in [-0.1, -0.05) is 90.1 Å². The highest BCUT2D eigenvalue weighted by Crippen LogP contribution is 2.51. The zero-order valence-corrected chi connectivity index (χ0v) is 42.3. The molecule has 0 unspecified atom stereocenters. The summed E-state index contributed by atoms with van der Waals surface area (Å²) in [5.41, 5.74) is 0.109. The molecule has 9 atom stereocenters. The summed E-state index contributed by atoms with van der Waals surface area (Å²) in [6.45, 7) is 16.2. The van der Waals surface area contributed by atoms with Gasteiger partial charge in [0.1, 0.15) is 47.0 Å². The normalized spacial score (nSPS) is 29.2. The lowest BCUT2D eigenvalue weighted by atomic mass is 9.78. The van der Waals surface area contributed by atoms with Crippen molar-refractivity contribution in [2.24, 2.45) is 39.6 Å². The number of anilines is 1. The molecule has 5 bridgehead atoms. The Hall–Kier alpha value is -6.58. The number of ether oxygens (including phenoxy) is 5. The summed E-state index contributed by atoms with van der Waals surface area (Å²) >= 11 is 0. The number of aliphatic hydroxyl groups is 2. The average molecular weight is 991 g/mol. The van der Waals surface area contributed by atoms with E-state index < -0.39 is 101 Å². The maximum atomic E-state index is 15.0. The van der Waals surface area contributed by atoms with Gasteiger partial charge in [-0.05, 0) is 37.3 Å². The second-order valence-electron chi connectivity index (χ2n) is 20.0. The zero-order chi connectivity index (χ0) is 52.4. The fraction of sp³-hybridized carbons (Fsp3) is 0.491. The molecule has 3 aromatic carbocycles. The van der Waals surface area contributed by atoms with Crippen molar-refractivity contribution in [3.05, 3.63) is 93.9 Å². The van der Waals surface area contributed by atoms with Crippen LogP contribution in [0, 0.1) is 48.9 Å². The Labute approximate surface area is 419 Å². The molecule has 3 aromatic rings. The first kappa shape index (κ1) is 53.2. The Morgan fingerprint density at radius 2 is 1.64 bits per heavy atom. The Bertz CT molecular complexity index is 2860. The summed E-state index contributed by atoms with van der Waals surface area (Å²) in [5.74, 6) is -7.27. The van der Waals surface area contributed by atoms with Gasteiger partial charge in [0.25, 0.3) is 11.7 Å². The van der Waals surface area contributed by atoms with Gasteiger partial charge >= 0.3 is 17.7 Å². The second kappa shape index (κ2) is 21.6. The highest BCUT2D eigenvalue weighted by Gasteiger charge is 2.53. The van der Waals surface area contributed by atoms with E-state index in [-0.39, 0.29) is 56.2 Å². The molecule has 1 spiro atoms. The van der Waals surface area contributed by atoms with E-state index in [9.17, 15) is 39.6 Å². The molecule has 72 heavy (non-hydrogen) atoms. The molecule has 0 saturated carbocycles. The van der Waals surface area contributed by atoms with Gasteiger partial charge in [-0.2, -0.15) is 0 Å². The molecule has 5 aliphatic rings. The number of aliphatic hydroxyl groups excluding tert-OH is 2. The molecule has 17 heteroatoms.